The van der Waals surface area contributed by atoms with E-state index >= 15 is 0 Å². The second-order valence-corrected chi connectivity index (χ2v) is 14.4. The van der Waals surface area contributed by atoms with E-state index in [1.54, 1.807) is 33.8 Å². The van der Waals surface area contributed by atoms with Crippen LogP contribution in [0.1, 0.15) is 72.2 Å². The number of carbonyl (C=O) groups is 3. The van der Waals surface area contributed by atoms with E-state index in [9.17, 15) is 14.4 Å². The maximum atomic E-state index is 14.5. The minimum absolute atomic E-state index is 0.0523. The first-order valence-corrected chi connectivity index (χ1v) is 17.9. The fourth-order valence-electron chi connectivity index (χ4n) is 7.89. The van der Waals surface area contributed by atoms with E-state index in [0.717, 1.165) is 48.2 Å². The Hall–Kier alpha value is -5.07. The predicted octanol–water partition coefficient (Wildman–Crippen LogP) is 4.08. The monoisotopic (exact) mass is 688 g/mol. The number of para-hydroxylation sites is 1. The molecular formula is C39H44N8O4. The number of carbonyl (C=O) groups excluding carboxylic acids is 3. The largest absolute Gasteiger partial charge is 0.377 e. The molecule has 1 saturated carbocycles. The molecule has 264 valence electrons. The van der Waals surface area contributed by atoms with Gasteiger partial charge in [0.25, 0.3) is 17.7 Å². The van der Waals surface area contributed by atoms with Crippen LogP contribution in [0.5, 0.6) is 0 Å². The first-order valence-electron chi connectivity index (χ1n) is 17.9. The van der Waals surface area contributed by atoms with E-state index in [-0.39, 0.29) is 29.1 Å². The average Bonchev–Trinajstić information content (AvgIpc) is 3.67. The summed E-state index contributed by atoms with van der Waals surface area (Å²) in [7, 11) is 1.79. The minimum Gasteiger partial charge on any atom is -0.377 e. The molecule has 1 unspecified atom stereocenters. The van der Waals surface area contributed by atoms with Crippen LogP contribution in [0.4, 0.5) is 5.82 Å². The molecule has 3 atom stereocenters. The predicted molar refractivity (Wildman–Crippen MR) is 192 cm³/mol. The van der Waals surface area contributed by atoms with Gasteiger partial charge in [0.2, 0.25) is 0 Å². The van der Waals surface area contributed by atoms with Crippen molar-refractivity contribution in [2.75, 3.05) is 38.3 Å². The van der Waals surface area contributed by atoms with Gasteiger partial charge in [-0.2, -0.15) is 10.2 Å². The van der Waals surface area contributed by atoms with Crippen LogP contribution in [-0.2, 0) is 20.9 Å². The molecule has 12 nitrogen and oxygen atoms in total. The van der Waals surface area contributed by atoms with Gasteiger partial charge >= 0.3 is 0 Å². The van der Waals surface area contributed by atoms with E-state index in [0.29, 0.717) is 43.7 Å². The van der Waals surface area contributed by atoms with Gasteiger partial charge in [0.15, 0.2) is 0 Å². The van der Waals surface area contributed by atoms with Crippen LogP contribution in [0.15, 0.2) is 85.2 Å². The number of rotatable bonds is 11. The Labute approximate surface area is 297 Å². The zero-order chi connectivity index (χ0) is 35.4. The molecule has 1 spiro atoms. The molecule has 0 radical (unpaired) electrons. The summed E-state index contributed by atoms with van der Waals surface area (Å²) in [6, 6.07) is 18.7. The molecule has 1 N–H and O–H groups in total. The average molecular weight is 689 g/mol. The Morgan fingerprint density at radius 3 is 2.57 bits per heavy atom. The molecule has 8 rings (SSSR count). The Morgan fingerprint density at radius 2 is 1.90 bits per heavy atom. The summed E-state index contributed by atoms with van der Waals surface area (Å²) in [5, 5.41) is 12.4. The van der Waals surface area contributed by atoms with E-state index in [1.165, 1.54) is 0 Å². The standard InChI is InChI=1S/C39H44N8O4/c1-5-44-36-31(21-40-47(36)30-12-7-6-8-13-30)33(34(38(44)50)41-35(48)32-16-18-46(42-32)29-14-15-29)28-11-9-10-27(20-28)22-43(4)37(49)25(2)26(3)45-19-17-39(45)23-51-24-39/h6-13,16,18,20-21,26,29,33-34H,2,5,14-15,17,19,22-24H2,1,3-4H3,(H,41,48)/t26?,33-,34+/m1/s1. The fraction of sp³-hybridized carbons (Fsp3) is 0.410. The highest BCUT2D eigenvalue weighted by molar-refractivity contribution is 6.04. The van der Waals surface area contributed by atoms with E-state index < -0.39 is 17.9 Å². The molecule has 51 heavy (non-hydrogen) atoms. The third kappa shape index (κ3) is 5.76. The van der Waals surface area contributed by atoms with Crippen LogP contribution in [0.2, 0.25) is 0 Å². The molecular weight excluding hydrogens is 644 g/mol. The van der Waals surface area contributed by atoms with Gasteiger partial charge in [-0.3, -0.25) is 28.9 Å². The molecule has 3 aliphatic heterocycles. The molecule has 2 aromatic carbocycles. The number of ether oxygens (including phenoxy) is 1. The number of hydrogen-bond donors (Lipinski definition) is 1. The van der Waals surface area contributed by atoms with Crippen LogP contribution in [-0.4, -0.2) is 98.1 Å². The summed E-state index contributed by atoms with van der Waals surface area (Å²) in [4.78, 5) is 47.6. The van der Waals surface area contributed by atoms with Gasteiger partial charge in [-0.1, -0.05) is 49.0 Å². The van der Waals surface area contributed by atoms with Crippen molar-refractivity contribution in [2.24, 2.45) is 0 Å². The van der Waals surface area contributed by atoms with Crippen molar-refractivity contribution in [1.29, 1.82) is 0 Å². The quantitative estimate of drug-likeness (QED) is 0.236. The van der Waals surface area contributed by atoms with E-state index in [2.05, 4.69) is 21.9 Å². The fourth-order valence-corrected chi connectivity index (χ4v) is 7.89. The van der Waals surface area contributed by atoms with Crippen molar-refractivity contribution in [3.8, 4) is 5.69 Å². The smallest absolute Gasteiger partial charge is 0.272 e. The van der Waals surface area contributed by atoms with E-state index in [4.69, 9.17) is 9.84 Å². The number of fused-ring (bicyclic) bond motifs is 1. The van der Waals surface area contributed by atoms with Gasteiger partial charge in [-0.05, 0) is 62.4 Å². The molecule has 3 amide bonds. The summed E-state index contributed by atoms with van der Waals surface area (Å²) in [6.07, 6.45) is 6.80. The number of aromatic nitrogens is 4. The molecule has 0 bridgehead atoms. The second kappa shape index (κ2) is 12.9. The van der Waals surface area contributed by atoms with Crippen LogP contribution >= 0.6 is 0 Å². The van der Waals surface area contributed by atoms with Crippen molar-refractivity contribution in [3.63, 3.8) is 0 Å². The number of likely N-dealkylation sites (N-methyl/N-ethyl adjacent to an activating group) is 2. The van der Waals surface area contributed by atoms with Crippen molar-refractivity contribution >= 4 is 23.5 Å². The Morgan fingerprint density at radius 1 is 1.12 bits per heavy atom. The highest BCUT2D eigenvalue weighted by Gasteiger charge is 2.53. The third-order valence-corrected chi connectivity index (χ3v) is 11.1. The van der Waals surface area contributed by atoms with Crippen LogP contribution < -0.4 is 10.2 Å². The zero-order valence-corrected chi connectivity index (χ0v) is 29.4. The summed E-state index contributed by atoms with van der Waals surface area (Å²) >= 11 is 0. The van der Waals surface area contributed by atoms with Crippen molar-refractivity contribution < 1.29 is 19.1 Å². The molecule has 4 aromatic rings. The lowest BCUT2D eigenvalue weighted by Crippen LogP contribution is -2.73. The zero-order valence-electron chi connectivity index (χ0n) is 29.4. The SMILES string of the molecule is C=C(C(=O)N(C)Cc1cccc([C@@H]2c3cnn(-c4ccccc4)c3N(CC)C(=O)[C@H]2NC(=O)c2ccn(C3CC3)n2)c1)C(C)N1CCC12COC2. The van der Waals surface area contributed by atoms with Crippen LogP contribution in [0.25, 0.3) is 5.69 Å². The summed E-state index contributed by atoms with van der Waals surface area (Å²) in [5.41, 5.74) is 4.26. The van der Waals surface area contributed by atoms with Crippen molar-refractivity contribution in [1.82, 2.24) is 34.7 Å². The number of benzene rings is 2. The normalized spacial score (nSPS) is 21.4. The number of nitrogens with zero attached hydrogens (tertiary/aromatic N) is 7. The minimum atomic E-state index is -0.918. The molecule has 3 fully saturated rings. The maximum absolute atomic E-state index is 14.5. The highest BCUT2D eigenvalue weighted by atomic mass is 16.5. The van der Waals surface area contributed by atoms with E-state index in [1.807, 2.05) is 79.3 Å². The highest BCUT2D eigenvalue weighted by Crippen LogP contribution is 2.43. The first kappa shape index (κ1) is 33.1. The van der Waals surface area contributed by atoms with Gasteiger partial charge in [0.05, 0.1) is 36.7 Å². The topological polar surface area (TPSA) is 118 Å². The van der Waals surface area contributed by atoms with Crippen molar-refractivity contribution in [2.45, 2.75) is 69.2 Å². The number of likely N-dealkylation sites (tertiary alicyclic amines) is 1. The molecule has 12 heteroatoms. The Balaban J connectivity index is 1.10. The summed E-state index contributed by atoms with van der Waals surface area (Å²) in [5.74, 6) is -0.620. The van der Waals surface area contributed by atoms with Gasteiger partial charge < -0.3 is 15.0 Å². The third-order valence-electron chi connectivity index (χ3n) is 11.1. The molecule has 2 saturated heterocycles. The number of amides is 3. The lowest BCUT2D eigenvalue weighted by Gasteiger charge is -2.60. The van der Waals surface area contributed by atoms with Crippen molar-refractivity contribution in [3.05, 3.63) is 108 Å². The van der Waals surface area contributed by atoms with Gasteiger partial charge in [-0.15, -0.1) is 0 Å². The molecule has 1 aliphatic carbocycles. The number of nitrogens with one attached hydrogen (secondary N) is 1. The van der Waals surface area contributed by atoms with Gasteiger partial charge in [0, 0.05) is 56.0 Å². The Bertz CT molecular complexity index is 1990. The lowest BCUT2D eigenvalue weighted by molar-refractivity contribution is -0.200. The molecule has 4 aliphatic rings. The number of hydrogen-bond acceptors (Lipinski definition) is 7. The van der Waals surface area contributed by atoms with Crippen LogP contribution in [0.3, 0.4) is 0 Å². The maximum Gasteiger partial charge on any atom is 0.272 e. The van der Waals surface area contributed by atoms with Crippen LogP contribution in [0, 0.1) is 0 Å². The van der Waals surface area contributed by atoms with Gasteiger partial charge in [-0.25, -0.2) is 4.68 Å². The first-order chi connectivity index (χ1) is 24.7. The molecule has 5 heterocycles. The second-order valence-electron chi connectivity index (χ2n) is 14.4. The van der Waals surface area contributed by atoms with Gasteiger partial charge in [0.1, 0.15) is 17.6 Å². The summed E-state index contributed by atoms with van der Waals surface area (Å²) < 4.78 is 9.11. The Kier molecular flexibility index (Phi) is 8.38. The molecule has 2 aromatic heterocycles. The lowest BCUT2D eigenvalue weighted by atomic mass is 9.80. The number of anilines is 1. The summed E-state index contributed by atoms with van der Waals surface area (Å²) in [6.45, 7) is 11.3.